The number of hydrogen-bond acceptors (Lipinski definition) is 3. The zero-order chi connectivity index (χ0) is 13.4. The van der Waals surface area contributed by atoms with Crippen LogP contribution in [0.1, 0.15) is 71.1 Å². The molecule has 1 fully saturated rings. The molecule has 1 aliphatic rings. The lowest BCUT2D eigenvalue weighted by atomic mass is 9.98. The Labute approximate surface area is 112 Å². The van der Waals surface area contributed by atoms with E-state index in [1.54, 1.807) is 6.92 Å². The van der Waals surface area contributed by atoms with E-state index in [-0.39, 0.29) is 17.0 Å². The van der Waals surface area contributed by atoms with Crippen molar-refractivity contribution in [2.75, 3.05) is 5.75 Å². The van der Waals surface area contributed by atoms with Gasteiger partial charge in [-0.05, 0) is 12.8 Å². The molecule has 1 saturated carbocycles. The van der Waals surface area contributed by atoms with Crippen LogP contribution < -0.4 is 5.73 Å². The van der Waals surface area contributed by atoms with Gasteiger partial charge in [-0.1, -0.05) is 58.3 Å². The van der Waals surface area contributed by atoms with Gasteiger partial charge < -0.3 is 5.73 Å². The molecule has 2 atom stereocenters. The number of sulfone groups is 1. The normalized spacial score (nSPS) is 29.2. The van der Waals surface area contributed by atoms with Gasteiger partial charge in [-0.3, -0.25) is 0 Å². The lowest BCUT2D eigenvalue weighted by Gasteiger charge is -2.24. The quantitative estimate of drug-likeness (QED) is 0.842. The highest BCUT2D eigenvalue weighted by Gasteiger charge is 2.29. The van der Waals surface area contributed by atoms with Crippen molar-refractivity contribution in [2.24, 2.45) is 5.73 Å². The van der Waals surface area contributed by atoms with Crippen LogP contribution in [0.15, 0.2) is 0 Å². The van der Waals surface area contributed by atoms with Crippen molar-refractivity contribution in [1.29, 1.82) is 0 Å². The van der Waals surface area contributed by atoms with E-state index in [2.05, 4.69) is 0 Å². The molecule has 0 aliphatic heterocycles. The molecular weight excluding hydrogens is 246 g/mol. The van der Waals surface area contributed by atoms with E-state index in [9.17, 15) is 8.42 Å². The largest absolute Gasteiger partial charge is 0.327 e. The Morgan fingerprint density at radius 1 is 0.889 bits per heavy atom. The minimum atomic E-state index is -2.98. The Morgan fingerprint density at radius 3 is 1.83 bits per heavy atom. The number of hydrogen-bond donors (Lipinski definition) is 1. The molecule has 0 aromatic heterocycles. The van der Waals surface area contributed by atoms with Gasteiger partial charge in [-0.25, -0.2) is 8.42 Å². The number of rotatable bonds is 2. The smallest absolute Gasteiger partial charge is 0.154 e. The minimum Gasteiger partial charge on any atom is -0.327 e. The molecule has 0 aromatic rings. The highest BCUT2D eigenvalue weighted by molar-refractivity contribution is 7.92. The first-order valence-corrected chi connectivity index (χ1v) is 9.26. The van der Waals surface area contributed by atoms with Crippen molar-refractivity contribution in [2.45, 2.75) is 82.4 Å². The van der Waals surface area contributed by atoms with Crippen LogP contribution in [-0.4, -0.2) is 25.5 Å². The van der Waals surface area contributed by atoms with Crippen molar-refractivity contribution in [3.05, 3.63) is 0 Å². The molecule has 0 amide bonds. The third kappa shape index (κ3) is 5.27. The Bertz CT molecular complexity index is 314. The van der Waals surface area contributed by atoms with Crippen LogP contribution in [0, 0.1) is 0 Å². The second kappa shape index (κ2) is 8.16. The molecule has 108 valence electrons. The first kappa shape index (κ1) is 16.0. The summed E-state index contributed by atoms with van der Waals surface area (Å²) in [4.78, 5) is 0. The van der Waals surface area contributed by atoms with Crippen molar-refractivity contribution >= 4 is 9.84 Å². The van der Waals surface area contributed by atoms with Crippen molar-refractivity contribution in [3.8, 4) is 0 Å². The van der Waals surface area contributed by atoms with Crippen LogP contribution in [0.2, 0.25) is 0 Å². The van der Waals surface area contributed by atoms with E-state index < -0.39 is 9.84 Å². The highest BCUT2D eigenvalue weighted by Crippen LogP contribution is 2.21. The fourth-order valence-corrected chi connectivity index (χ4v) is 4.47. The van der Waals surface area contributed by atoms with E-state index in [1.165, 1.54) is 32.1 Å². The van der Waals surface area contributed by atoms with E-state index in [0.29, 0.717) is 0 Å². The molecule has 0 spiro atoms. The molecule has 4 heteroatoms. The van der Waals surface area contributed by atoms with Crippen molar-refractivity contribution in [1.82, 2.24) is 0 Å². The molecule has 0 radical (unpaired) electrons. The topological polar surface area (TPSA) is 60.2 Å². The molecular formula is C14H29NO2S. The monoisotopic (exact) mass is 275 g/mol. The van der Waals surface area contributed by atoms with Crippen LogP contribution >= 0.6 is 0 Å². The maximum atomic E-state index is 12.1. The maximum absolute atomic E-state index is 12.1. The molecule has 3 nitrogen and oxygen atoms in total. The molecule has 0 saturated heterocycles. The SMILES string of the molecule is CCS(=O)(=O)C1CCCCCCCCCCC1N. The summed E-state index contributed by atoms with van der Waals surface area (Å²) in [6.07, 6.45) is 11.2. The van der Waals surface area contributed by atoms with Gasteiger partial charge in [0.05, 0.1) is 5.25 Å². The van der Waals surface area contributed by atoms with Crippen molar-refractivity contribution < 1.29 is 8.42 Å². The summed E-state index contributed by atoms with van der Waals surface area (Å²) >= 11 is 0. The van der Waals surface area contributed by atoms with Crippen LogP contribution in [0.4, 0.5) is 0 Å². The van der Waals surface area contributed by atoms with E-state index in [1.807, 2.05) is 0 Å². The molecule has 2 unspecified atom stereocenters. The average Bonchev–Trinajstić information content (AvgIpc) is 2.33. The first-order chi connectivity index (χ1) is 8.58. The van der Waals surface area contributed by atoms with Gasteiger partial charge in [0.25, 0.3) is 0 Å². The molecule has 2 N–H and O–H groups in total. The molecule has 0 heterocycles. The number of nitrogens with two attached hydrogens (primary N) is 1. The Kier molecular flexibility index (Phi) is 7.23. The Balaban J connectivity index is 2.63. The zero-order valence-electron chi connectivity index (χ0n) is 11.7. The molecule has 1 rings (SSSR count). The third-order valence-corrected chi connectivity index (χ3v) is 6.43. The van der Waals surface area contributed by atoms with Gasteiger partial charge in [0.1, 0.15) is 0 Å². The fourth-order valence-electron chi connectivity index (χ4n) is 2.85. The summed E-state index contributed by atoms with van der Waals surface area (Å²) in [5, 5.41) is -0.304. The second-order valence-corrected chi connectivity index (χ2v) is 8.07. The lowest BCUT2D eigenvalue weighted by molar-refractivity contribution is 0.456. The Morgan fingerprint density at radius 2 is 1.33 bits per heavy atom. The van der Waals surface area contributed by atoms with E-state index >= 15 is 0 Å². The van der Waals surface area contributed by atoms with E-state index in [0.717, 1.165) is 32.1 Å². The zero-order valence-corrected chi connectivity index (χ0v) is 12.6. The predicted octanol–water partition coefficient (Wildman–Crippen LogP) is 3.03. The first-order valence-electron chi connectivity index (χ1n) is 7.55. The maximum Gasteiger partial charge on any atom is 0.154 e. The predicted molar refractivity (Wildman–Crippen MR) is 77.4 cm³/mol. The summed E-state index contributed by atoms with van der Waals surface area (Å²) < 4.78 is 24.2. The van der Waals surface area contributed by atoms with Crippen LogP contribution in [0.3, 0.4) is 0 Å². The summed E-state index contributed by atoms with van der Waals surface area (Å²) in [6, 6.07) is -0.158. The average molecular weight is 275 g/mol. The molecule has 0 aromatic carbocycles. The lowest BCUT2D eigenvalue weighted by Crippen LogP contribution is -2.41. The summed E-state index contributed by atoms with van der Waals surface area (Å²) in [7, 11) is -2.98. The third-order valence-electron chi connectivity index (χ3n) is 4.12. The molecule has 0 bridgehead atoms. The van der Waals surface area contributed by atoms with Gasteiger partial charge in [0, 0.05) is 11.8 Å². The van der Waals surface area contributed by atoms with Gasteiger partial charge >= 0.3 is 0 Å². The van der Waals surface area contributed by atoms with Gasteiger partial charge in [0.2, 0.25) is 0 Å². The Hall–Kier alpha value is -0.0900. The van der Waals surface area contributed by atoms with E-state index in [4.69, 9.17) is 5.73 Å². The molecule has 18 heavy (non-hydrogen) atoms. The minimum absolute atomic E-state index is 0.158. The second-order valence-electron chi connectivity index (χ2n) is 5.56. The van der Waals surface area contributed by atoms with Crippen LogP contribution in [0.5, 0.6) is 0 Å². The highest BCUT2D eigenvalue weighted by atomic mass is 32.2. The van der Waals surface area contributed by atoms with Crippen molar-refractivity contribution in [3.63, 3.8) is 0 Å². The standard InChI is InChI=1S/C14H29NO2S/c1-2-18(16,17)14-12-10-8-6-4-3-5-7-9-11-13(14)15/h13-14H,2-12,15H2,1H3. The summed E-state index contributed by atoms with van der Waals surface area (Å²) in [5.41, 5.74) is 6.14. The van der Waals surface area contributed by atoms with Gasteiger partial charge in [-0.2, -0.15) is 0 Å². The van der Waals surface area contributed by atoms with Crippen LogP contribution in [0.25, 0.3) is 0 Å². The summed E-state index contributed by atoms with van der Waals surface area (Å²) in [5.74, 6) is 0.228. The summed E-state index contributed by atoms with van der Waals surface area (Å²) in [6.45, 7) is 1.73. The van der Waals surface area contributed by atoms with Crippen LogP contribution in [-0.2, 0) is 9.84 Å². The fraction of sp³-hybridized carbons (Fsp3) is 1.00. The van der Waals surface area contributed by atoms with Gasteiger partial charge in [-0.15, -0.1) is 0 Å². The molecule has 1 aliphatic carbocycles. The van der Waals surface area contributed by atoms with Gasteiger partial charge in [0.15, 0.2) is 9.84 Å².